The Morgan fingerprint density at radius 1 is 0.962 bits per heavy atom. The van der Waals surface area contributed by atoms with Crippen LogP contribution in [0.1, 0.15) is 56.7 Å². The van der Waals surface area contributed by atoms with E-state index in [1.807, 2.05) is 25.1 Å². The van der Waals surface area contributed by atoms with Crippen LogP contribution in [0.4, 0.5) is 4.39 Å². The van der Waals surface area contributed by atoms with E-state index < -0.39 is 0 Å². The van der Waals surface area contributed by atoms with Gasteiger partial charge in [0.1, 0.15) is 11.6 Å². The second-order valence-electron chi connectivity index (χ2n) is 8.21. The highest BCUT2D eigenvalue weighted by atomic mass is 19.1. The molecule has 0 aromatic heterocycles. The fourth-order valence-corrected chi connectivity index (χ4v) is 3.67. The number of benzene rings is 2. The number of phenols is 1. The van der Waals surface area contributed by atoms with Gasteiger partial charge in [0.2, 0.25) is 0 Å². The Morgan fingerprint density at radius 3 is 2.08 bits per heavy atom. The molecular weight excluding hydrogens is 325 g/mol. The van der Waals surface area contributed by atoms with Crippen molar-refractivity contribution in [3.8, 4) is 5.75 Å². The SMILES string of the molecule is Cc1ccc(O)c(C(CC[N+](C)(C(C)C)C(C)C)c2ccc(F)cc2)c1. The first kappa shape index (κ1) is 20.4. The summed E-state index contributed by atoms with van der Waals surface area (Å²) in [6.07, 6.45) is 0.898. The molecule has 0 saturated carbocycles. The molecule has 0 radical (unpaired) electrons. The van der Waals surface area contributed by atoms with E-state index in [4.69, 9.17) is 0 Å². The van der Waals surface area contributed by atoms with Gasteiger partial charge in [-0.05, 0) is 58.4 Å². The van der Waals surface area contributed by atoms with Crippen molar-refractivity contribution in [3.05, 3.63) is 65.0 Å². The van der Waals surface area contributed by atoms with Crippen molar-refractivity contribution in [1.29, 1.82) is 0 Å². The van der Waals surface area contributed by atoms with Crippen LogP contribution in [0.3, 0.4) is 0 Å². The van der Waals surface area contributed by atoms with E-state index in [1.54, 1.807) is 6.07 Å². The fourth-order valence-electron chi connectivity index (χ4n) is 3.67. The van der Waals surface area contributed by atoms with E-state index in [0.717, 1.165) is 34.1 Å². The third kappa shape index (κ3) is 4.45. The van der Waals surface area contributed by atoms with Gasteiger partial charge >= 0.3 is 0 Å². The smallest absolute Gasteiger partial charge is 0.123 e. The quantitative estimate of drug-likeness (QED) is 0.636. The summed E-state index contributed by atoms with van der Waals surface area (Å²) in [6, 6.07) is 13.5. The summed E-state index contributed by atoms with van der Waals surface area (Å²) in [4.78, 5) is 0. The van der Waals surface area contributed by atoms with Gasteiger partial charge in [0.15, 0.2) is 0 Å². The van der Waals surface area contributed by atoms with Crippen LogP contribution in [0.2, 0.25) is 0 Å². The van der Waals surface area contributed by atoms with Crippen molar-refractivity contribution in [2.45, 2.75) is 59.0 Å². The molecule has 26 heavy (non-hydrogen) atoms. The largest absolute Gasteiger partial charge is 0.508 e. The first-order valence-corrected chi connectivity index (χ1v) is 9.55. The molecule has 0 bridgehead atoms. The Morgan fingerprint density at radius 2 is 1.54 bits per heavy atom. The standard InChI is InChI=1S/C23H32FNO/c1-16(2)25(6,17(3)4)14-13-21(19-8-10-20(24)11-9-19)22-15-18(5)7-12-23(22)26/h7-12,15-17,21H,13-14H2,1-6H3/p+1. The lowest BCUT2D eigenvalue weighted by atomic mass is 9.86. The highest BCUT2D eigenvalue weighted by molar-refractivity contribution is 5.43. The van der Waals surface area contributed by atoms with E-state index in [1.165, 1.54) is 12.1 Å². The van der Waals surface area contributed by atoms with Crippen molar-refractivity contribution < 1.29 is 14.0 Å². The van der Waals surface area contributed by atoms with E-state index in [2.05, 4.69) is 40.8 Å². The van der Waals surface area contributed by atoms with Gasteiger partial charge in [-0.2, -0.15) is 0 Å². The predicted molar refractivity (Wildman–Crippen MR) is 107 cm³/mol. The zero-order valence-electron chi connectivity index (χ0n) is 17.0. The third-order valence-corrected chi connectivity index (χ3v) is 6.09. The Kier molecular flexibility index (Phi) is 6.46. The lowest BCUT2D eigenvalue weighted by Gasteiger charge is -2.43. The monoisotopic (exact) mass is 358 g/mol. The molecule has 0 heterocycles. The van der Waals surface area contributed by atoms with E-state index >= 15 is 0 Å². The molecule has 0 aliphatic carbocycles. The Bertz CT molecular complexity index is 713. The molecule has 0 fully saturated rings. The second kappa shape index (κ2) is 8.22. The van der Waals surface area contributed by atoms with E-state index in [9.17, 15) is 9.50 Å². The minimum absolute atomic E-state index is 0.0467. The average molecular weight is 359 g/mol. The van der Waals surface area contributed by atoms with Gasteiger partial charge in [-0.15, -0.1) is 0 Å². The van der Waals surface area contributed by atoms with Crippen LogP contribution >= 0.6 is 0 Å². The lowest BCUT2D eigenvalue weighted by Crippen LogP contribution is -2.55. The summed E-state index contributed by atoms with van der Waals surface area (Å²) < 4.78 is 14.4. The summed E-state index contributed by atoms with van der Waals surface area (Å²) in [6.45, 7) is 12.1. The van der Waals surface area contributed by atoms with Crippen LogP contribution in [0.15, 0.2) is 42.5 Å². The number of nitrogens with zero attached hydrogens (tertiary/aromatic N) is 1. The Labute approximate surface area is 157 Å². The molecule has 2 aromatic rings. The Hall–Kier alpha value is -1.87. The molecule has 1 atom stereocenters. The topological polar surface area (TPSA) is 20.2 Å². The van der Waals surface area contributed by atoms with Gasteiger partial charge in [0.05, 0.1) is 25.7 Å². The summed E-state index contributed by atoms with van der Waals surface area (Å²) in [5, 5.41) is 10.5. The maximum atomic E-state index is 13.4. The molecule has 3 heteroatoms. The summed E-state index contributed by atoms with van der Waals surface area (Å²) in [7, 11) is 2.30. The molecule has 0 saturated heterocycles. The first-order valence-electron chi connectivity index (χ1n) is 9.55. The fraction of sp³-hybridized carbons (Fsp3) is 0.478. The molecule has 2 aromatic carbocycles. The van der Waals surface area contributed by atoms with Crippen LogP contribution in [-0.4, -0.2) is 35.3 Å². The van der Waals surface area contributed by atoms with Crippen LogP contribution < -0.4 is 0 Å². The molecule has 142 valence electrons. The molecule has 0 spiro atoms. The number of quaternary nitrogens is 1. The average Bonchev–Trinajstić information content (AvgIpc) is 2.58. The van der Waals surface area contributed by atoms with Crippen molar-refractivity contribution in [3.63, 3.8) is 0 Å². The molecule has 1 unspecified atom stereocenters. The van der Waals surface area contributed by atoms with Crippen LogP contribution in [0.5, 0.6) is 5.75 Å². The van der Waals surface area contributed by atoms with Gasteiger partial charge in [-0.1, -0.05) is 29.8 Å². The molecule has 2 rings (SSSR count). The third-order valence-electron chi connectivity index (χ3n) is 6.09. The van der Waals surface area contributed by atoms with Crippen LogP contribution in [0.25, 0.3) is 0 Å². The minimum Gasteiger partial charge on any atom is -0.508 e. The van der Waals surface area contributed by atoms with Crippen molar-refractivity contribution in [2.75, 3.05) is 13.6 Å². The highest BCUT2D eigenvalue weighted by Gasteiger charge is 2.31. The summed E-state index contributed by atoms with van der Waals surface area (Å²) in [5.41, 5.74) is 3.09. The zero-order valence-corrected chi connectivity index (χ0v) is 17.0. The number of hydrogen-bond acceptors (Lipinski definition) is 1. The molecule has 1 N–H and O–H groups in total. The molecule has 0 aliphatic heterocycles. The molecule has 0 aliphatic rings. The van der Waals surface area contributed by atoms with Gasteiger partial charge in [0, 0.05) is 17.9 Å². The Balaban J connectivity index is 2.41. The van der Waals surface area contributed by atoms with Gasteiger partial charge < -0.3 is 9.59 Å². The van der Waals surface area contributed by atoms with Gasteiger partial charge in [-0.25, -0.2) is 4.39 Å². The van der Waals surface area contributed by atoms with E-state index in [0.29, 0.717) is 17.8 Å². The number of aromatic hydroxyl groups is 1. The van der Waals surface area contributed by atoms with Gasteiger partial charge in [-0.3, -0.25) is 0 Å². The lowest BCUT2D eigenvalue weighted by molar-refractivity contribution is -0.949. The summed E-state index contributed by atoms with van der Waals surface area (Å²) >= 11 is 0. The summed E-state index contributed by atoms with van der Waals surface area (Å²) in [5.74, 6) is 0.129. The van der Waals surface area contributed by atoms with Crippen LogP contribution in [-0.2, 0) is 0 Å². The number of rotatable bonds is 7. The number of aryl methyl sites for hydroxylation is 1. The normalized spacial score (nSPS) is 13.4. The molecule has 2 nitrogen and oxygen atoms in total. The van der Waals surface area contributed by atoms with Crippen LogP contribution in [0, 0.1) is 12.7 Å². The van der Waals surface area contributed by atoms with Crippen molar-refractivity contribution >= 4 is 0 Å². The molecular formula is C23H33FNO+. The predicted octanol–water partition coefficient (Wildman–Crippen LogP) is 5.63. The van der Waals surface area contributed by atoms with Crippen molar-refractivity contribution in [2.24, 2.45) is 0 Å². The van der Waals surface area contributed by atoms with Crippen molar-refractivity contribution in [1.82, 2.24) is 0 Å². The van der Waals surface area contributed by atoms with E-state index in [-0.39, 0.29) is 11.7 Å². The van der Waals surface area contributed by atoms with Gasteiger partial charge in [0.25, 0.3) is 0 Å². The maximum absolute atomic E-state index is 13.4. The number of phenolic OH excluding ortho intramolecular Hbond substituents is 1. The zero-order chi connectivity index (χ0) is 19.5. The minimum atomic E-state index is -0.231. The molecule has 0 amide bonds. The highest BCUT2D eigenvalue weighted by Crippen LogP contribution is 2.36. The first-order chi connectivity index (χ1) is 12.1. The second-order valence-corrected chi connectivity index (χ2v) is 8.21. The number of halogens is 1. The maximum Gasteiger partial charge on any atom is 0.123 e. The number of hydrogen-bond donors (Lipinski definition) is 1.